The van der Waals surface area contributed by atoms with Gasteiger partial charge in [-0.2, -0.15) is 0 Å². The number of hydrogen-bond donors (Lipinski definition) is 0. The fourth-order valence-electron chi connectivity index (χ4n) is 3.83. The van der Waals surface area contributed by atoms with Gasteiger partial charge in [0, 0.05) is 22.3 Å². The first-order chi connectivity index (χ1) is 13.5. The fraction of sp³-hybridized carbons (Fsp3) is 0.692. The van der Waals surface area contributed by atoms with Gasteiger partial charge in [0.15, 0.2) is 11.6 Å². The van der Waals surface area contributed by atoms with E-state index >= 15 is 0 Å². The second-order valence-electron chi connectivity index (χ2n) is 8.35. The van der Waals surface area contributed by atoms with Gasteiger partial charge in [0.25, 0.3) is 0 Å². The number of hydrogen-bond acceptors (Lipinski definition) is 2. The van der Waals surface area contributed by atoms with Crippen molar-refractivity contribution in [3.8, 4) is 0 Å². The molecule has 0 saturated carbocycles. The van der Waals surface area contributed by atoms with Gasteiger partial charge in [-0.15, -0.1) is 0 Å². The smallest absolute Gasteiger partial charge is 0.185 e. The largest absolute Gasteiger partial charge is 0.289 e. The summed E-state index contributed by atoms with van der Waals surface area (Å²) in [5.74, 6) is 0.143. The number of unbranched alkanes of at least 4 members (excludes halogenated alkanes) is 11. The Morgan fingerprint density at radius 3 is 1.61 bits per heavy atom. The van der Waals surface area contributed by atoms with Gasteiger partial charge in [-0.25, -0.2) is 0 Å². The Kier molecular flexibility index (Phi) is 12.8. The third-order valence-electron chi connectivity index (χ3n) is 6.00. The normalized spacial score (nSPS) is 15.4. The van der Waals surface area contributed by atoms with E-state index in [9.17, 15) is 9.59 Å². The lowest BCUT2D eigenvalue weighted by atomic mass is 9.84. The molecule has 0 bridgehead atoms. The van der Waals surface area contributed by atoms with Crippen LogP contribution in [0, 0.1) is 0 Å². The van der Waals surface area contributed by atoms with E-state index in [1.54, 1.807) is 13.8 Å². The highest BCUT2D eigenvalue weighted by atomic mass is 16.1. The molecule has 158 valence electrons. The van der Waals surface area contributed by atoms with Gasteiger partial charge >= 0.3 is 0 Å². The zero-order valence-electron chi connectivity index (χ0n) is 18.9. The minimum Gasteiger partial charge on any atom is -0.289 e. The van der Waals surface area contributed by atoms with E-state index in [0.29, 0.717) is 16.7 Å². The van der Waals surface area contributed by atoms with Gasteiger partial charge < -0.3 is 0 Å². The number of carbonyl (C=O) groups is 2. The van der Waals surface area contributed by atoms with Crippen LogP contribution in [0.2, 0.25) is 0 Å². The van der Waals surface area contributed by atoms with Gasteiger partial charge in [-0.1, -0.05) is 70.4 Å². The van der Waals surface area contributed by atoms with Crippen LogP contribution in [0.3, 0.4) is 0 Å². The maximum Gasteiger partial charge on any atom is 0.185 e. The monoisotopic (exact) mass is 386 g/mol. The number of allylic oxidation sites excluding steroid dienone is 6. The molecule has 0 fully saturated rings. The van der Waals surface area contributed by atoms with Crippen molar-refractivity contribution in [2.24, 2.45) is 0 Å². The molecule has 0 unspecified atom stereocenters. The average Bonchev–Trinajstić information content (AvgIpc) is 2.70. The van der Waals surface area contributed by atoms with E-state index in [0.717, 1.165) is 24.8 Å². The van der Waals surface area contributed by atoms with Crippen LogP contribution in [0.4, 0.5) is 0 Å². The van der Waals surface area contributed by atoms with E-state index < -0.39 is 0 Å². The van der Waals surface area contributed by atoms with Crippen molar-refractivity contribution in [1.82, 2.24) is 0 Å². The Morgan fingerprint density at radius 1 is 0.571 bits per heavy atom. The Labute approximate surface area is 173 Å². The summed E-state index contributed by atoms with van der Waals surface area (Å²) in [6, 6.07) is 0. The Hall–Kier alpha value is -1.44. The Bertz CT molecular complexity index is 590. The molecule has 0 saturated heterocycles. The van der Waals surface area contributed by atoms with E-state index in [-0.39, 0.29) is 11.6 Å². The number of ketones is 2. The molecule has 2 nitrogen and oxygen atoms in total. The zero-order chi connectivity index (χ0) is 20.8. The zero-order valence-corrected chi connectivity index (χ0v) is 18.9. The molecule has 0 radical (unpaired) electrons. The molecule has 0 aliphatic heterocycles. The van der Waals surface area contributed by atoms with Crippen molar-refractivity contribution >= 4 is 11.6 Å². The lowest BCUT2D eigenvalue weighted by Gasteiger charge is -2.18. The van der Waals surface area contributed by atoms with Crippen LogP contribution in [-0.4, -0.2) is 11.6 Å². The van der Waals surface area contributed by atoms with Crippen molar-refractivity contribution in [1.29, 1.82) is 0 Å². The summed E-state index contributed by atoms with van der Waals surface area (Å²) in [7, 11) is 0. The first kappa shape index (κ1) is 24.6. The molecular weight excluding hydrogens is 344 g/mol. The lowest BCUT2D eigenvalue weighted by molar-refractivity contribution is -0.116. The molecule has 0 aromatic heterocycles. The van der Waals surface area contributed by atoms with Gasteiger partial charge in [0.1, 0.15) is 0 Å². The van der Waals surface area contributed by atoms with Crippen molar-refractivity contribution in [2.75, 3.05) is 0 Å². The highest BCUT2D eigenvalue weighted by molar-refractivity contribution is 6.24. The summed E-state index contributed by atoms with van der Waals surface area (Å²) < 4.78 is 0. The van der Waals surface area contributed by atoms with Gasteiger partial charge in [0.05, 0.1) is 0 Å². The minimum absolute atomic E-state index is 0.0554. The van der Waals surface area contributed by atoms with Crippen LogP contribution in [0.1, 0.15) is 118 Å². The van der Waals surface area contributed by atoms with Crippen LogP contribution in [0.25, 0.3) is 0 Å². The molecule has 0 heterocycles. The topological polar surface area (TPSA) is 34.1 Å². The van der Waals surface area contributed by atoms with Gasteiger partial charge in [-0.05, 0) is 59.3 Å². The van der Waals surface area contributed by atoms with Crippen LogP contribution in [0.5, 0.6) is 0 Å². The second-order valence-corrected chi connectivity index (χ2v) is 8.35. The molecule has 2 heteroatoms. The summed E-state index contributed by atoms with van der Waals surface area (Å²) >= 11 is 0. The summed E-state index contributed by atoms with van der Waals surface area (Å²) in [5, 5.41) is 0. The Morgan fingerprint density at radius 2 is 1.04 bits per heavy atom. The summed E-state index contributed by atoms with van der Waals surface area (Å²) in [4.78, 5) is 24.6. The van der Waals surface area contributed by atoms with Crippen molar-refractivity contribution < 1.29 is 9.59 Å². The first-order valence-corrected chi connectivity index (χ1v) is 11.6. The van der Waals surface area contributed by atoms with Crippen molar-refractivity contribution in [2.45, 2.75) is 118 Å². The van der Waals surface area contributed by atoms with Crippen LogP contribution < -0.4 is 0 Å². The molecule has 1 aliphatic carbocycles. The molecule has 0 aromatic carbocycles. The summed E-state index contributed by atoms with van der Waals surface area (Å²) in [6.45, 7) is 7.61. The maximum atomic E-state index is 12.4. The van der Waals surface area contributed by atoms with Crippen LogP contribution in [0.15, 0.2) is 34.4 Å². The molecule has 1 rings (SSSR count). The van der Waals surface area contributed by atoms with Crippen molar-refractivity contribution in [3.63, 3.8) is 0 Å². The predicted octanol–water partition coefficient (Wildman–Crippen LogP) is 7.83. The average molecular weight is 387 g/mol. The van der Waals surface area contributed by atoms with Crippen molar-refractivity contribution in [3.05, 3.63) is 34.4 Å². The molecule has 0 amide bonds. The van der Waals surface area contributed by atoms with Crippen LogP contribution in [-0.2, 0) is 9.59 Å². The fourth-order valence-corrected chi connectivity index (χ4v) is 3.83. The molecular formula is C26H42O2. The molecule has 0 atom stereocenters. The molecule has 0 N–H and O–H groups in total. The van der Waals surface area contributed by atoms with E-state index in [1.165, 1.54) is 70.6 Å². The van der Waals surface area contributed by atoms with Gasteiger partial charge in [-0.3, -0.25) is 9.59 Å². The maximum absolute atomic E-state index is 12.4. The Balaban J connectivity index is 2.04. The summed E-state index contributed by atoms with van der Waals surface area (Å²) in [5.41, 5.74) is 2.68. The number of Topliss-reactive ketones (excluding diaryl/α,β-unsaturated/α-hetero) is 2. The number of rotatable bonds is 15. The van der Waals surface area contributed by atoms with Gasteiger partial charge in [0.2, 0.25) is 0 Å². The van der Waals surface area contributed by atoms with E-state index in [4.69, 9.17) is 0 Å². The molecule has 28 heavy (non-hydrogen) atoms. The third-order valence-corrected chi connectivity index (χ3v) is 6.00. The minimum atomic E-state index is 0.0554. The standard InChI is InChI=1S/C26H42O2/c1-5-6-7-8-9-10-11-12-13-14-15-16-17-18-19-20-24-23(4)25(27)21(2)22(3)26(24)28/h12-13H,5-11,14-20H2,1-4H3/b13-12-. The van der Waals surface area contributed by atoms with E-state index in [2.05, 4.69) is 19.1 Å². The SMILES string of the molecule is CCCCCCCC/C=C\CCCCCCCC1=C(C)C(=O)C(C)=C(C)C1=O. The molecule has 1 aliphatic rings. The first-order valence-electron chi connectivity index (χ1n) is 11.6. The third kappa shape index (κ3) is 8.71. The second kappa shape index (κ2) is 14.5. The number of carbonyl (C=O) groups excluding carboxylic acids is 2. The molecule has 0 spiro atoms. The van der Waals surface area contributed by atoms with Crippen LogP contribution >= 0.6 is 0 Å². The van der Waals surface area contributed by atoms with E-state index in [1.807, 2.05) is 6.92 Å². The highest BCUT2D eigenvalue weighted by Crippen LogP contribution is 2.27. The molecule has 0 aromatic rings. The lowest BCUT2D eigenvalue weighted by Crippen LogP contribution is -2.20. The predicted molar refractivity (Wildman–Crippen MR) is 121 cm³/mol. The quantitative estimate of drug-likeness (QED) is 0.163. The summed E-state index contributed by atoms with van der Waals surface area (Å²) in [6.07, 6.45) is 22.0. The highest BCUT2D eigenvalue weighted by Gasteiger charge is 2.26.